The number of carbonyl (C=O) groups is 1. The minimum Gasteiger partial charge on any atom is -0.494 e. The molecule has 0 saturated carbocycles. The van der Waals surface area contributed by atoms with Crippen molar-refractivity contribution in [2.45, 2.75) is 13.5 Å². The Hall–Kier alpha value is -3.31. The highest BCUT2D eigenvalue weighted by atomic mass is 35.5. The van der Waals surface area contributed by atoms with E-state index in [0.29, 0.717) is 40.9 Å². The topological polar surface area (TPSA) is 59.9 Å². The Bertz CT molecular complexity index is 973. The van der Waals surface area contributed by atoms with E-state index in [-0.39, 0.29) is 5.91 Å². The molecule has 0 heterocycles. The lowest BCUT2D eigenvalue weighted by Crippen LogP contribution is -2.17. The van der Waals surface area contributed by atoms with Crippen LogP contribution in [0, 0.1) is 0 Å². The number of hydrogen-bond donors (Lipinski definition) is 1. The smallest absolute Gasteiger partial charge is 0.271 e. The Morgan fingerprint density at radius 3 is 2.52 bits per heavy atom. The molecule has 0 aromatic heterocycles. The molecule has 1 amide bonds. The minimum atomic E-state index is -0.321. The van der Waals surface area contributed by atoms with Gasteiger partial charge in [-0.25, -0.2) is 5.43 Å². The zero-order chi connectivity index (χ0) is 20.5. The van der Waals surface area contributed by atoms with Crippen LogP contribution in [0.25, 0.3) is 0 Å². The molecule has 1 N–H and O–H groups in total. The second-order valence-corrected chi connectivity index (χ2v) is 6.55. The zero-order valence-electron chi connectivity index (χ0n) is 16.0. The Kier molecular flexibility index (Phi) is 7.25. The van der Waals surface area contributed by atoms with Gasteiger partial charge in [0.1, 0.15) is 18.1 Å². The Morgan fingerprint density at radius 2 is 1.79 bits per heavy atom. The van der Waals surface area contributed by atoms with Gasteiger partial charge in [-0.3, -0.25) is 4.79 Å². The molecule has 0 unspecified atom stereocenters. The number of nitrogens with one attached hydrogen (secondary N) is 1. The zero-order valence-corrected chi connectivity index (χ0v) is 16.7. The molecule has 0 atom stereocenters. The fraction of sp³-hybridized carbons (Fsp3) is 0.130. The highest BCUT2D eigenvalue weighted by molar-refractivity contribution is 6.30. The Balaban J connectivity index is 1.64. The van der Waals surface area contributed by atoms with Crippen LogP contribution in [0.3, 0.4) is 0 Å². The van der Waals surface area contributed by atoms with Gasteiger partial charge in [0.25, 0.3) is 5.91 Å². The maximum Gasteiger partial charge on any atom is 0.271 e. The van der Waals surface area contributed by atoms with Crippen molar-refractivity contribution in [3.8, 4) is 11.5 Å². The summed E-state index contributed by atoms with van der Waals surface area (Å²) in [6.07, 6.45) is 1.51. The fourth-order valence-electron chi connectivity index (χ4n) is 2.58. The van der Waals surface area contributed by atoms with Crippen molar-refractivity contribution < 1.29 is 14.3 Å². The molecule has 3 rings (SSSR count). The molecule has 5 nitrogen and oxygen atoms in total. The van der Waals surface area contributed by atoms with Crippen molar-refractivity contribution >= 4 is 23.7 Å². The molecular formula is C23H21ClN2O3. The molecule has 3 aromatic rings. The number of nitrogens with zero attached hydrogens (tertiary/aromatic N) is 1. The van der Waals surface area contributed by atoms with Crippen molar-refractivity contribution in [1.29, 1.82) is 0 Å². The molecule has 0 aliphatic heterocycles. The molecule has 0 spiro atoms. The number of carbonyl (C=O) groups excluding carboxylic acids is 1. The summed E-state index contributed by atoms with van der Waals surface area (Å²) in [6, 6.07) is 22.0. The molecule has 0 bridgehead atoms. The summed E-state index contributed by atoms with van der Waals surface area (Å²) in [7, 11) is 0. The van der Waals surface area contributed by atoms with E-state index < -0.39 is 0 Å². The summed E-state index contributed by atoms with van der Waals surface area (Å²) in [5, 5.41) is 4.59. The van der Waals surface area contributed by atoms with E-state index in [1.54, 1.807) is 42.5 Å². The van der Waals surface area contributed by atoms with Crippen LogP contribution in [0.4, 0.5) is 0 Å². The highest BCUT2D eigenvalue weighted by Gasteiger charge is 2.06. The number of halogens is 1. The van der Waals surface area contributed by atoms with Crippen LogP contribution >= 0.6 is 11.6 Å². The number of rotatable bonds is 8. The third kappa shape index (κ3) is 6.09. The minimum absolute atomic E-state index is 0.321. The predicted octanol–water partition coefficient (Wildman–Crippen LogP) is 5.08. The quantitative estimate of drug-likeness (QED) is 0.417. The maximum absolute atomic E-state index is 12.2. The monoisotopic (exact) mass is 408 g/mol. The summed E-state index contributed by atoms with van der Waals surface area (Å²) in [4.78, 5) is 12.2. The Labute approximate surface area is 174 Å². The van der Waals surface area contributed by atoms with Crippen LogP contribution in [-0.2, 0) is 6.61 Å². The van der Waals surface area contributed by atoms with E-state index in [2.05, 4.69) is 10.5 Å². The van der Waals surface area contributed by atoms with Gasteiger partial charge in [0.05, 0.1) is 12.8 Å². The second kappa shape index (κ2) is 10.3. The van der Waals surface area contributed by atoms with E-state index in [0.717, 1.165) is 5.56 Å². The second-order valence-electron chi connectivity index (χ2n) is 6.11. The van der Waals surface area contributed by atoms with Gasteiger partial charge in [-0.05, 0) is 55.0 Å². The summed E-state index contributed by atoms with van der Waals surface area (Å²) in [5.74, 6) is 1.02. The molecular weight excluding hydrogens is 388 g/mol. The van der Waals surface area contributed by atoms with Crippen LogP contribution in [-0.4, -0.2) is 18.7 Å². The molecule has 0 aliphatic carbocycles. The van der Waals surface area contributed by atoms with Gasteiger partial charge in [-0.2, -0.15) is 5.10 Å². The number of ether oxygens (including phenoxy) is 2. The lowest BCUT2D eigenvalue weighted by atomic mass is 10.2. The Morgan fingerprint density at radius 1 is 1.03 bits per heavy atom. The summed E-state index contributed by atoms with van der Waals surface area (Å²) in [6.45, 7) is 2.90. The fourth-order valence-corrected chi connectivity index (χ4v) is 2.76. The predicted molar refractivity (Wildman–Crippen MR) is 115 cm³/mol. The van der Waals surface area contributed by atoms with Crippen LogP contribution in [0.15, 0.2) is 77.9 Å². The average Bonchev–Trinajstić information content (AvgIpc) is 2.74. The van der Waals surface area contributed by atoms with Crippen LogP contribution in [0.5, 0.6) is 11.5 Å². The van der Waals surface area contributed by atoms with Crippen LogP contribution in [0.1, 0.15) is 28.4 Å². The van der Waals surface area contributed by atoms with Crippen molar-refractivity contribution in [2.75, 3.05) is 6.61 Å². The lowest BCUT2D eigenvalue weighted by Gasteiger charge is -2.09. The molecule has 148 valence electrons. The normalized spacial score (nSPS) is 10.7. The molecule has 0 fully saturated rings. The lowest BCUT2D eigenvalue weighted by molar-refractivity contribution is 0.0955. The van der Waals surface area contributed by atoms with Crippen LogP contribution < -0.4 is 14.9 Å². The number of hydrazone groups is 1. The van der Waals surface area contributed by atoms with Gasteiger partial charge in [0, 0.05) is 16.1 Å². The van der Waals surface area contributed by atoms with Gasteiger partial charge in [-0.15, -0.1) is 0 Å². The first-order chi connectivity index (χ1) is 14.2. The standard InChI is InChI=1S/C23H21ClN2O3/c1-2-28-21-11-8-18(9-12-21)23(27)26-25-15-19-14-20(24)10-13-22(19)29-16-17-6-4-3-5-7-17/h3-15H,2,16H2,1H3,(H,26,27)/b25-15+. The van der Waals surface area contributed by atoms with Crippen molar-refractivity contribution in [2.24, 2.45) is 5.10 Å². The number of benzene rings is 3. The average molecular weight is 409 g/mol. The van der Waals surface area contributed by atoms with Crippen molar-refractivity contribution in [3.63, 3.8) is 0 Å². The van der Waals surface area contributed by atoms with Gasteiger partial charge in [-0.1, -0.05) is 41.9 Å². The maximum atomic E-state index is 12.2. The number of hydrogen-bond acceptors (Lipinski definition) is 4. The highest BCUT2D eigenvalue weighted by Crippen LogP contribution is 2.22. The third-order valence-corrected chi connectivity index (χ3v) is 4.24. The van der Waals surface area contributed by atoms with E-state index in [4.69, 9.17) is 21.1 Å². The van der Waals surface area contributed by atoms with Crippen molar-refractivity contribution in [1.82, 2.24) is 5.43 Å². The first-order valence-electron chi connectivity index (χ1n) is 9.18. The van der Waals surface area contributed by atoms with Crippen molar-refractivity contribution in [3.05, 3.63) is 94.5 Å². The van der Waals surface area contributed by atoms with E-state index in [1.807, 2.05) is 37.3 Å². The summed E-state index contributed by atoms with van der Waals surface area (Å²) < 4.78 is 11.3. The summed E-state index contributed by atoms with van der Waals surface area (Å²) >= 11 is 6.10. The van der Waals surface area contributed by atoms with Gasteiger partial charge >= 0.3 is 0 Å². The first kappa shape index (κ1) is 20.4. The van der Waals surface area contributed by atoms with E-state index in [1.165, 1.54) is 6.21 Å². The van der Waals surface area contributed by atoms with Crippen LogP contribution in [0.2, 0.25) is 5.02 Å². The number of amides is 1. The molecule has 0 radical (unpaired) electrons. The molecule has 3 aromatic carbocycles. The van der Waals surface area contributed by atoms with Gasteiger partial charge < -0.3 is 9.47 Å². The van der Waals surface area contributed by atoms with E-state index >= 15 is 0 Å². The SMILES string of the molecule is CCOc1ccc(C(=O)N/N=C/c2cc(Cl)ccc2OCc2ccccc2)cc1. The van der Waals surface area contributed by atoms with Gasteiger partial charge in [0.2, 0.25) is 0 Å². The molecule has 6 heteroatoms. The molecule has 0 aliphatic rings. The molecule has 29 heavy (non-hydrogen) atoms. The van der Waals surface area contributed by atoms with Gasteiger partial charge in [0.15, 0.2) is 0 Å². The summed E-state index contributed by atoms with van der Waals surface area (Å²) in [5.41, 5.74) is 4.71. The largest absolute Gasteiger partial charge is 0.494 e. The van der Waals surface area contributed by atoms with E-state index in [9.17, 15) is 4.79 Å². The first-order valence-corrected chi connectivity index (χ1v) is 9.56. The third-order valence-electron chi connectivity index (χ3n) is 4.01. The molecule has 0 saturated heterocycles.